The zero-order valence-corrected chi connectivity index (χ0v) is 8.88. The average Bonchev–Trinajstić information content (AvgIpc) is 2.81. The fourth-order valence-electron chi connectivity index (χ4n) is 1.18. The maximum absolute atomic E-state index is 11.6. The van der Waals surface area contributed by atoms with Crippen LogP contribution in [0.15, 0.2) is 22.0 Å². The molecule has 0 aliphatic heterocycles. The first-order valence-electron chi connectivity index (χ1n) is 4.85. The van der Waals surface area contributed by atoms with Gasteiger partial charge in [0.25, 0.3) is 5.91 Å². The Balaban J connectivity index is 2.54. The molecule has 16 heavy (non-hydrogen) atoms. The first-order valence-corrected chi connectivity index (χ1v) is 4.85. The molecular weight excluding hydrogens is 212 g/mol. The number of carbonyl (C=O) groups is 1. The lowest BCUT2D eigenvalue weighted by atomic mass is 10.1. The molecule has 88 valence electrons. The molecule has 0 saturated heterocycles. The molecule has 0 fully saturated rings. The maximum atomic E-state index is 11.6. The van der Waals surface area contributed by atoms with Crippen LogP contribution >= 0.6 is 0 Å². The molecule has 4 N–H and O–H groups in total. The molecule has 7 heteroatoms. The van der Waals surface area contributed by atoms with Gasteiger partial charge in [-0.25, -0.2) is 0 Å². The summed E-state index contributed by atoms with van der Waals surface area (Å²) in [6.07, 6.45) is 2.27. The quantitative estimate of drug-likeness (QED) is 0.289. The average molecular weight is 226 g/mol. The van der Waals surface area contributed by atoms with Crippen molar-refractivity contribution in [1.29, 1.82) is 0 Å². The van der Waals surface area contributed by atoms with Crippen molar-refractivity contribution in [1.82, 2.24) is 10.5 Å². The van der Waals surface area contributed by atoms with Crippen LogP contribution in [0.5, 0.6) is 0 Å². The summed E-state index contributed by atoms with van der Waals surface area (Å²) in [6.45, 7) is 1.89. The topological polar surface area (TPSA) is 114 Å². The highest BCUT2D eigenvalue weighted by Gasteiger charge is 2.15. The van der Waals surface area contributed by atoms with Crippen LogP contribution in [0.3, 0.4) is 0 Å². The normalized spacial score (nSPS) is 13.4. The Kier molecular flexibility index (Phi) is 4.31. The van der Waals surface area contributed by atoms with E-state index in [1.807, 2.05) is 6.92 Å². The molecule has 1 heterocycles. The van der Waals surface area contributed by atoms with Crippen LogP contribution in [0.25, 0.3) is 0 Å². The van der Waals surface area contributed by atoms with Gasteiger partial charge in [-0.3, -0.25) is 4.79 Å². The Hall–Kier alpha value is -2.05. The highest BCUT2D eigenvalue weighted by atomic mass is 16.5. The number of nitrogens with one attached hydrogen (secondary N) is 1. The number of hydrogen-bond donors (Lipinski definition) is 3. The van der Waals surface area contributed by atoms with Crippen LogP contribution in [-0.4, -0.2) is 28.1 Å². The first kappa shape index (κ1) is 12.0. The Morgan fingerprint density at radius 2 is 2.56 bits per heavy atom. The predicted molar refractivity (Wildman–Crippen MR) is 56.1 cm³/mol. The number of amides is 1. The van der Waals surface area contributed by atoms with Crippen molar-refractivity contribution in [2.45, 2.75) is 25.8 Å². The minimum atomic E-state index is -0.341. The van der Waals surface area contributed by atoms with E-state index in [-0.39, 0.29) is 29.9 Å². The number of aromatic nitrogens is 1. The molecule has 0 spiro atoms. The summed E-state index contributed by atoms with van der Waals surface area (Å²) in [4.78, 5) is 11.6. The Morgan fingerprint density at radius 1 is 1.81 bits per heavy atom. The van der Waals surface area contributed by atoms with Crippen molar-refractivity contribution in [2.75, 3.05) is 0 Å². The largest absolute Gasteiger partial charge is 0.409 e. The van der Waals surface area contributed by atoms with Gasteiger partial charge in [0.05, 0.1) is 0 Å². The molecule has 1 unspecified atom stereocenters. The van der Waals surface area contributed by atoms with Gasteiger partial charge in [0, 0.05) is 18.5 Å². The number of carbonyl (C=O) groups excluding carboxylic acids is 1. The lowest BCUT2D eigenvalue weighted by molar-refractivity contribution is 0.0927. The van der Waals surface area contributed by atoms with E-state index in [1.165, 1.54) is 12.3 Å². The molecule has 0 aromatic carbocycles. The molecule has 1 rings (SSSR count). The lowest BCUT2D eigenvalue weighted by Gasteiger charge is -2.14. The second kappa shape index (κ2) is 5.74. The summed E-state index contributed by atoms with van der Waals surface area (Å²) >= 11 is 0. The van der Waals surface area contributed by atoms with Crippen LogP contribution < -0.4 is 11.1 Å². The Labute approximate surface area is 92.3 Å². The van der Waals surface area contributed by atoms with Gasteiger partial charge in [0.1, 0.15) is 12.1 Å². The van der Waals surface area contributed by atoms with Gasteiger partial charge in [-0.2, -0.15) is 0 Å². The minimum Gasteiger partial charge on any atom is -0.409 e. The molecular formula is C9H14N4O3. The van der Waals surface area contributed by atoms with Gasteiger partial charge in [-0.05, 0) is 6.42 Å². The second-order valence-corrected chi connectivity index (χ2v) is 3.26. The molecule has 0 aliphatic rings. The number of nitrogens with zero attached hydrogens (tertiary/aromatic N) is 2. The van der Waals surface area contributed by atoms with Crippen LogP contribution in [0.1, 0.15) is 30.3 Å². The summed E-state index contributed by atoms with van der Waals surface area (Å²) in [5.41, 5.74) is 5.56. The van der Waals surface area contributed by atoms with E-state index in [0.29, 0.717) is 6.42 Å². The number of nitrogens with two attached hydrogens (primary N) is 1. The third kappa shape index (κ3) is 3.26. The van der Waals surface area contributed by atoms with Crippen LogP contribution in [0.4, 0.5) is 0 Å². The molecule has 1 aromatic heterocycles. The monoisotopic (exact) mass is 226 g/mol. The summed E-state index contributed by atoms with van der Waals surface area (Å²) in [6, 6.07) is 1.27. The third-order valence-corrected chi connectivity index (χ3v) is 2.08. The van der Waals surface area contributed by atoms with Gasteiger partial charge in [-0.1, -0.05) is 17.2 Å². The standard InChI is InChI=1S/C9H14N4O3/c1-2-6(5-8(10)12-15)11-9(14)7-3-4-16-13-7/h3-4,6,15H,2,5H2,1H3,(H2,10,12)(H,11,14). The summed E-state index contributed by atoms with van der Waals surface area (Å²) in [5, 5.41) is 17.5. The summed E-state index contributed by atoms with van der Waals surface area (Å²) in [5.74, 6) is -0.265. The summed E-state index contributed by atoms with van der Waals surface area (Å²) < 4.78 is 4.55. The van der Waals surface area contributed by atoms with Gasteiger partial charge >= 0.3 is 0 Å². The molecule has 0 saturated carbocycles. The highest BCUT2D eigenvalue weighted by molar-refractivity contribution is 5.92. The number of oxime groups is 1. The Morgan fingerprint density at radius 3 is 3.06 bits per heavy atom. The van der Waals surface area contributed by atoms with E-state index < -0.39 is 0 Å². The minimum absolute atomic E-state index is 0.0762. The third-order valence-electron chi connectivity index (χ3n) is 2.08. The van der Waals surface area contributed by atoms with Crippen molar-refractivity contribution in [3.05, 3.63) is 18.0 Å². The smallest absolute Gasteiger partial charge is 0.273 e. The molecule has 1 atom stereocenters. The van der Waals surface area contributed by atoms with E-state index in [9.17, 15) is 4.79 Å². The maximum Gasteiger partial charge on any atom is 0.273 e. The van der Waals surface area contributed by atoms with E-state index >= 15 is 0 Å². The van der Waals surface area contributed by atoms with Gasteiger partial charge in [-0.15, -0.1) is 0 Å². The van der Waals surface area contributed by atoms with E-state index in [2.05, 4.69) is 20.2 Å². The summed E-state index contributed by atoms with van der Waals surface area (Å²) in [7, 11) is 0. The Bertz CT molecular complexity index is 361. The fraction of sp³-hybridized carbons (Fsp3) is 0.444. The zero-order valence-electron chi connectivity index (χ0n) is 8.88. The molecule has 1 aromatic rings. The van der Waals surface area contributed by atoms with Gasteiger partial charge < -0.3 is 20.8 Å². The number of rotatable bonds is 5. The molecule has 0 radical (unpaired) electrons. The van der Waals surface area contributed by atoms with Crippen LogP contribution in [-0.2, 0) is 0 Å². The van der Waals surface area contributed by atoms with Crippen molar-refractivity contribution >= 4 is 11.7 Å². The number of amidine groups is 1. The number of hydrogen-bond acceptors (Lipinski definition) is 5. The lowest BCUT2D eigenvalue weighted by Crippen LogP contribution is -2.37. The van der Waals surface area contributed by atoms with Crippen molar-refractivity contribution in [3.8, 4) is 0 Å². The van der Waals surface area contributed by atoms with Crippen molar-refractivity contribution < 1.29 is 14.5 Å². The van der Waals surface area contributed by atoms with E-state index in [4.69, 9.17) is 10.9 Å². The predicted octanol–water partition coefficient (Wildman–Crippen LogP) is 0.320. The molecule has 0 aliphatic carbocycles. The van der Waals surface area contributed by atoms with Gasteiger partial charge in [0.2, 0.25) is 0 Å². The van der Waals surface area contributed by atoms with E-state index in [0.717, 1.165) is 0 Å². The molecule has 1 amide bonds. The van der Waals surface area contributed by atoms with Crippen LogP contribution in [0, 0.1) is 0 Å². The van der Waals surface area contributed by atoms with Gasteiger partial charge in [0.15, 0.2) is 5.69 Å². The highest BCUT2D eigenvalue weighted by Crippen LogP contribution is 2.01. The second-order valence-electron chi connectivity index (χ2n) is 3.26. The van der Waals surface area contributed by atoms with Crippen molar-refractivity contribution in [2.24, 2.45) is 10.9 Å². The van der Waals surface area contributed by atoms with E-state index in [1.54, 1.807) is 0 Å². The van der Waals surface area contributed by atoms with Crippen molar-refractivity contribution in [3.63, 3.8) is 0 Å². The molecule has 0 bridgehead atoms. The fourth-order valence-corrected chi connectivity index (χ4v) is 1.18. The molecule has 7 nitrogen and oxygen atoms in total. The SMILES string of the molecule is CCC(CC(N)=NO)NC(=O)c1ccon1. The first-order chi connectivity index (χ1) is 7.67. The zero-order chi connectivity index (χ0) is 12.0. The van der Waals surface area contributed by atoms with Crippen LogP contribution in [0.2, 0.25) is 0 Å².